The molecule has 2 unspecified atom stereocenters. The first-order valence-electron chi connectivity index (χ1n) is 5.30. The molecule has 2 aliphatic rings. The highest BCUT2D eigenvalue weighted by atomic mass is 32.1. The van der Waals surface area contributed by atoms with Gasteiger partial charge in [-0.2, -0.15) is 0 Å². The molecule has 0 spiro atoms. The molecule has 1 N–H and O–H groups in total. The number of hydrogen-bond donors (Lipinski definition) is 1. The van der Waals surface area contributed by atoms with Gasteiger partial charge >= 0.3 is 0 Å². The highest BCUT2D eigenvalue weighted by Crippen LogP contribution is 2.29. The van der Waals surface area contributed by atoms with Crippen LogP contribution in [0.4, 0.5) is 0 Å². The molecule has 1 aliphatic heterocycles. The highest BCUT2D eigenvalue weighted by molar-refractivity contribution is 7.80. The van der Waals surface area contributed by atoms with Gasteiger partial charge in [0.15, 0.2) is 5.11 Å². The average molecular weight is 212 g/mol. The minimum atomic E-state index is 0.147. The number of nitrogens with one attached hydrogen (secondary N) is 1. The minimum Gasteiger partial charge on any atom is -0.353 e. The van der Waals surface area contributed by atoms with Gasteiger partial charge < -0.3 is 5.32 Å². The van der Waals surface area contributed by atoms with Gasteiger partial charge in [0.25, 0.3) is 0 Å². The summed E-state index contributed by atoms with van der Waals surface area (Å²) in [5.74, 6) is 0.735. The maximum atomic E-state index is 11.6. The molecule has 0 aromatic carbocycles. The van der Waals surface area contributed by atoms with Crippen LogP contribution in [0, 0.1) is 5.92 Å². The van der Waals surface area contributed by atoms with Gasteiger partial charge in [0.2, 0.25) is 5.91 Å². The Morgan fingerprint density at radius 1 is 1.43 bits per heavy atom. The van der Waals surface area contributed by atoms with Gasteiger partial charge in [0.05, 0.1) is 6.54 Å². The molecule has 1 amide bonds. The summed E-state index contributed by atoms with van der Waals surface area (Å²) in [6.07, 6.45) is 4.84. The Labute approximate surface area is 89.8 Å². The van der Waals surface area contributed by atoms with Crippen molar-refractivity contribution in [2.24, 2.45) is 5.92 Å². The summed E-state index contributed by atoms with van der Waals surface area (Å²) >= 11 is 5.15. The Hall–Kier alpha value is -0.640. The molecule has 1 saturated carbocycles. The lowest BCUT2D eigenvalue weighted by atomic mass is 9.85. The predicted molar refractivity (Wildman–Crippen MR) is 58.9 cm³/mol. The van der Waals surface area contributed by atoms with E-state index in [2.05, 4.69) is 12.2 Å². The molecule has 0 radical (unpaired) electrons. The summed E-state index contributed by atoms with van der Waals surface area (Å²) in [5, 5.41) is 3.58. The molecule has 78 valence electrons. The number of rotatable bonds is 1. The van der Waals surface area contributed by atoms with Gasteiger partial charge in [-0.05, 0) is 31.0 Å². The second-order valence-electron chi connectivity index (χ2n) is 4.25. The van der Waals surface area contributed by atoms with E-state index in [0.29, 0.717) is 23.6 Å². The van der Waals surface area contributed by atoms with Gasteiger partial charge in [-0.15, -0.1) is 0 Å². The lowest BCUT2D eigenvalue weighted by Gasteiger charge is -2.35. The molecule has 4 heteroatoms. The van der Waals surface area contributed by atoms with Gasteiger partial charge in [-0.3, -0.25) is 9.69 Å². The maximum Gasteiger partial charge on any atom is 0.248 e. The first-order chi connectivity index (χ1) is 6.70. The fourth-order valence-corrected chi connectivity index (χ4v) is 2.76. The van der Waals surface area contributed by atoms with Crippen molar-refractivity contribution < 1.29 is 4.79 Å². The molecule has 1 saturated heterocycles. The van der Waals surface area contributed by atoms with Crippen LogP contribution in [0.25, 0.3) is 0 Å². The van der Waals surface area contributed by atoms with Crippen molar-refractivity contribution in [2.75, 3.05) is 6.54 Å². The van der Waals surface area contributed by atoms with E-state index in [0.717, 1.165) is 6.42 Å². The van der Waals surface area contributed by atoms with Crippen LogP contribution < -0.4 is 5.32 Å². The molecule has 2 rings (SSSR count). The van der Waals surface area contributed by atoms with E-state index >= 15 is 0 Å². The standard InChI is InChI=1S/C10H16N2OS/c1-7-4-2-3-5-8(7)12-9(13)6-11-10(12)14/h7-8H,2-6H2,1H3,(H,11,14). The van der Waals surface area contributed by atoms with Crippen LogP contribution in [-0.4, -0.2) is 28.5 Å². The molecular weight excluding hydrogens is 196 g/mol. The molecule has 1 heterocycles. The molecule has 0 aromatic heterocycles. The van der Waals surface area contributed by atoms with Gasteiger partial charge in [-0.1, -0.05) is 19.8 Å². The number of thiocarbonyl (C=S) groups is 1. The topological polar surface area (TPSA) is 32.3 Å². The molecule has 2 atom stereocenters. The van der Waals surface area contributed by atoms with Crippen molar-refractivity contribution in [3.63, 3.8) is 0 Å². The van der Waals surface area contributed by atoms with Crippen LogP contribution in [0.15, 0.2) is 0 Å². The van der Waals surface area contributed by atoms with Gasteiger partial charge in [0, 0.05) is 6.04 Å². The summed E-state index contributed by atoms with van der Waals surface area (Å²) in [4.78, 5) is 13.4. The lowest BCUT2D eigenvalue weighted by molar-refractivity contribution is -0.127. The minimum absolute atomic E-state index is 0.147. The van der Waals surface area contributed by atoms with Crippen molar-refractivity contribution in [3.8, 4) is 0 Å². The largest absolute Gasteiger partial charge is 0.353 e. The summed E-state index contributed by atoms with van der Waals surface area (Å²) in [6.45, 7) is 2.61. The van der Waals surface area contributed by atoms with Crippen molar-refractivity contribution in [2.45, 2.75) is 38.6 Å². The fraction of sp³-hybridized carbons (Fsp3) is 0.800. The van der Waals surface area contributed by atoms with Crippen LogP contribution in [0.5, 0.6) is 0 Å². The first kappa shape index (κ1) is 9.90. The monoisotopic (exact) mass is 212 g/mol. The summed E-state index contributed by atoms with van der Waals surface area (Å²) in [5.41, 5.74) is 0. The average Bonchev–Trinajstić information content (AvgIpc) is 2.48. The summed E-state index contributed by atoms with van der Waals surface area (Å²) in [6, 6.07) is 0.346. The highest BCUT2D eigenvalue weighted by Gasteiger charge is 2.36. The molecule has 0 aromatic rings. The molecular formula is C10H16N2OS. The van der Waals surface area contributed by atoms with Crippen LogP contribution in [-0.2, 0) is 4.79 Å². The van der Waals surface area contributed by atoms with E-state index in [9.17, 15) is 4.79 Å². The Morgan fingerprint density at radius 3 is 2.71 bits per heavy atom. The Kier molecular flexibility index (Phi) is 2.72. The number of nitrogens with zero attached hydrogens (tertiary/aromatic N) is 1. The predicted octanol–water partition coefficient (Wildman–Crippen LogP) is 1.28. The third kappa shape index (κ3) is 1.63. The smallest absolute Gasteiger partial charge is 0.248 e. The van der Waals surface area contributed by atoms with E-state index in [-0.39, 0.29) is 5.91 Å². The molecule has 1 aliphatic carbocycles. The quantitative estimate of drug-likeness (QED) is 0.665. The Morgan fingerprint density at radius 2 is 2.14 bits per heavy atom. The third-order valence-corrected chi connectivity index (χ3v) is 3.62. The first-order valence-corrected chi connectivity index (χ1v) is 5.71. The number of amides is 1. The van der Waals surface area contributed by atoms with E-state index in [1.54, 1.807) is 4.90 Å². The van der Waals surface area contributed by atoms with Crippen molar-refractivity contribution in [3.05, 3.63) is 0 Å². The van der Waals surface area contributed by atoms with Crippen LogP contribution in [0.1, 0.15) is 32.6 Å². The van der Waals surface area contributed by atoms with Crippen LogP contribution in [0.3, 0.4) is 0 Å². The van der Waals surface area contributed by atoms with Gasteiger partial charge in [-0.25, -0.2) is 0 Å². The molecule has 0 bridgehead atoms. The third-order valence-electron chi connectivity index (χ3n) is 3.28. The fourth-order valence-electron chi connectivity index (χ4n) is 2.45. The van der Waals surface area contributed by atoms with Crippen molar-refractivity contribution in [1.29, 1.82) is 0 Å². The Balaban J connectivity index is 2.12. The summed E-state index contributed by atoms with van der Waals surface area (Å²) < 4.78 is 0. The molecule has 3 nitrogen and oxygen atoms in total. The lowest BCUT2D eigenvalue weighted by Crippen LogP contribution is -2.45. The van der Waals surface area contributed by atoms with Crippen LogP contribution in [0.2, 0.25) is 0 Å². The second kappa shape index (κ2) is 3.85. The van der Waals surface area contributed by atoms with Gasteiger partial charge in [0.1, 0.15) is 0 Å². The molecule has 2 fully saturated rings. The Bertz CT molecular complexity index is 251. The van der Waals surface area contributed by atoms with Crippen molar-refractivity contribution in [1.82, 2.24) is 10.2 Å². The zero-order valence-electron chi connectivity index (χ0n) is 8.45. The number of carbonyl (C=O) groups is 1. The zero-order valence-corrected chi connectivity index (χ0v) is 9.27. The number of carbonyl (C=O) groups excluding carboxylic acids is 1. The summed E-state index contributed by atoms with van der Waals surface area (Å²) in [7, 11) is 0. The van der Waals surface area contributed by atoms with E-state index in [1.807, 2.05) is 0 Å². The van der Waals surface area contributed by atoms with Crippen LogP contribution >= 0.6 is 12.2 Å². The number of hydrogen-bond acceptors (Lipinski definition) is 2. The van der Waals surface area contributed by atoms with E-state index in [1.165, 1.54) is 19.3 Å². The second-order valence-corrected chi connectivity index (χ2v) is 4.64. The zero-order chi connectivity index (χ0) is 10.1. The normalized spacial score (nSPS) is 33.4. The van der Waals surface area contributed by atoms with E-state index in [4.69, 9.17) is 12.2 Å². The van der Waals surface area contributed by atoms with E-state index < -0.39 is 0 Å². The molecule has 14 heavy (non-hydrogen) atoms. The SMILES string of the molecule is CC1CCCCC1N1C(=O)CNC1=S. The maximum absolute atomic E-state index is 11.6. The van der Waals surface area contributed by atoms with Crippen molar-refractivity contribution >= 4 is 23.2 Å².